The lowest BCUT2D eigenvalue weighted by Crippen LogP contribution is -2.14. The second-order valence-electron chi connectivity index (χ2n) is 4.32. The van der Waals surface area contributed by atoms with Crippen LogP contribution in [0.25, 0.3) is 0 Å². The molecule has 1 heterocycles. The van der Waals surface area contributed by atoms with Crippen LogP contribution in [0, 0.1) is 0 Å². The first kappa shape index (κ1) is 15.7. The zero-order valence-corrected chi connectivity index (χ0v) is 12.7. The molecule has 0 aliphatic rings. The fraction of sp³-hybridized carbons (Fsp3) is 0.333. The van der Waals surface area contributed by atoms with E-state index < -0.39 is 0 Å². The van der Waals surface area contributed by atoms with Crippen LogP contribution in [0.5, 0.6) is 17.4 Å². The molecule has 1 aromatic carbocycles. The predicted molar refractivity (Wildman–Crippen MR) is 84.6 cm³/mol. The second-order valence-corrected chi connectivity index (χ2v) is 4.32. The van der Waals surface area contributed by atoms with Gasteiger partial charge in [0, 0.05) is 0 Å². The number of nitrogen functional groups attached to an aromatic ring is 1. The van der Waals surface area contributed by atoms with Crippen molar-refractivity contribution in [3.8, 4) is 17.4 Å². The molecule has 0 atom stereocenters. The molecule has 2 aromatic rings. The highest BCUT2D eigenvalue weighted by molar-refractivity contribution is 5.66. The van der Waals surface area contributed by atoms with E-state index in [1.807, 2.05) is 31.2 Å². The minimum Gasteiger partial charge on any atom is -0.497 e. The van der Waals surface area contributed by atoms with Gasteiger partial charge >= 0.3 is 0 Å². The van der Waals surface area contributed by atoms with Gasteiger partial charge in [-0.3, -0.25) is 0 Å². The molecule has 0 radical (unpaired) electrons. The van der Waals surface area contributed by atoms with Crippen molar-refractivity contribution >= 4 is 11.5 Å². The highest BCUT2D eigenvalue weighted by atomic mass is 16.5. The van der Waals surface area contributed by atoms with Crippen molar-refractivity contribution in [1.29, 1.82) is 0 Å². The summed E-state index contributed by atoms with van der Waals surface area (Å²) in [6.45, 7) is 3.40. The van der Waals surface area contributed by atoms with Crippen LogP contribution in [0.1, 0.15) is 6.92 Å². The summed E-state index contributed by atoms with van der Waals surface area (Å²) in [7, 11) is 1.63. The van der Waals surface area contributed by atoms with Crippen molar-refractivity contribution in [1.82, 2.24) is 9.97 Å². The Kier molecular flexibility index (Phi) is 5.65. The summed E-state index contributed by atoms with van der Waals surface area (Å²) >= 11 is 0. The van der Waals surface area contributed by atoms with E-state index in [0.29, 0.717) is 37.1 Å². The van der Waals surface area contributed by atoms with E-state index >= 15 is 0 Å². The van der Waals surface area contributed by atoms with Gasteiger partial charge in [0.05, 0.1) is 20.3 Å². The number of methoxy groups -OCH3 is 1. The van der Waals surface area contributed by atoms with Crippen molar-refractivity contribution in [2.24, 2.45) is 0 Å². The van der Waals surface area contributed by atoms with Gasteiger partial charge in [-0.1, -0.05) is 0 Å². The first-order valence-corrected chi connectivity index (χ1v) is 6.98. The molecule has 0 fully saturated rings. The number of hydrogen-bond acceptors (Lipinski definition) is 7. The molecule has 118 valence electrons. The van der Waals surface area contributed by atoms with Crippen LogP contribution in [0.2, 0.25) is 0 Å². The third-order valence-electron chi connectivity index (χ3n) is 2.85. The first-order valence-electron chi connectivity index (χ1n) is 6.98. The average Bonchev–Trinajstić information content (AvgIpc) is 2.55. The molecule has 0 amide bonds. The van der Waals surface area contributed by atoms with E-state index in [4.69, 9.17) is 19.9 Å². The number of ether oxygens (including phenoxy) is 3. The van der Waals surface area contributed by atoms with Gasteiger partial charge < -0.3 is 25.3 Å². The van der Waals surface area contributed by atoms with Crippen molar-refractivity contribution in [2.45, 2.75) is 6.92 Å². The molecular weight excluding hydrogens is 284 g/mol. The Balaban J connectivity index is 1.82. The molecule has 0 saturated carbocycles. The van der Waals surface area contributed by atoms with Crippen molar-refractivity contribution < 1.29 is 14.2 Å². The fourth-order valence-corrected chi connectivity index (χ4v) is 1.78. The number of nitrogens with one attached hydrogen (secondary N) is 1. The van der Waals surface area contributed by atoms with Gasteiger partial charge in [0.2, 0.25) is 5.88 Å². The van der Waals surface area contributed by atoms with E-state index in [9.17, 15) is 0 Å². The maximum Gasteiger partial charge on any atom is 0.242 e. The SMILES string of the molecule is CCOc1ncnc(NCCOc2ccc(OC)cc2)c1N. The van der Waals surface area contributed by atoms with Gasteiger partial charge in [-0.25, -0.2) is 4.98 Å². The third-order valence-corrected chi connectivity index (χ3v) is 2.85. The summed E-state index contributed by atoms with van der Waals surface area (Å²) < 4.78 is 16.0. The Morgan fingerprint density at radius 3 is 2.50 bits per heavy atom. The fourth-order valence-electron chi connectivity index (χ4n) is 1.78. The Labute approximate surface area is 129 Å². The monoisotopic (exact) mass is 304 g/mol. The predicted octanol–water partition coefficient (Wildman–Crippen LogP) is 1.96. The number of benzene rings is 1. The minimum absolute atomic E-state index is 0.385. The maximum absolute atomic E-state index is 5.93. The molecule has 0 unspecified atom stereocenters. The number of nitrogens with two attached hydrogens (primary N) is 1. The van der Waals surface area contributed by atoms with E-state index in [2.05, 4.69) is 15.3 Å². The number of rotatable bonds is 8. The summed E-state index contributed by atoms with van der Waals surface area (Å²) in [5.74, 6) is 2.49. The van der Waals surface area contributed by atoms with E-state index in [-0.39, 0.29) is 0 Å². The van der Waals surface area contributed by atoms with Gasteiger partial charge in [0.15, 0.2) is 5.82 Å². The van der Waals surface area contributed by atoms with Gasteiger partial charge in [0.1, 0.15) is 30.1 Å². The molecule has 2 rings (SSSR count). The maximum atomic E-state index is 5.93. The normalized spacial score (nSPS) is 10.1. The van der Waals surface area contributed by atoms with Gasteiger partial charge in [0.25, 0.3) is 0 Å². The lowest BCUT2D eigenvalue weighted by molar-refractivity contribution is 0.327. The number of nitrogens with zero attached hydrogens (tertiary/aromatic N) is 2. The number of aromatic nitrogens is 2. The van der Waals surface area contributed by atoms with E-state index in [1.165, 1.54) is 6.33 Å². The van der Waals surface area contributed by atoms with Crippen LogP contribution in [-0.4, -0.2) is 36.8 Å². The van der Waals surface area contributed by atoms with Gasteiger partial charge in [-0.05, 0) is 31.2 Å². The van der Waals surface area contributed by atoms with Crippen LogP contribution < -0.4 is 25.3 Å². The second kappa shape index (κ2) is 7.92. The van der Waals surface area contributed by atoms with E-state index in [0.717, 1.165) is 11.5 Å². The summed E-state index contributed by atoms with van der Waals surface area (Å²) in [5, 5.41) is 3.10. The van der Waals surface area contributed by atoms with Gasteiger partial charge in [-0.15, -0.1) is 0 Å². The summed E-state index contributed by atoms with van der Waals surface area (Å²) in [4.78, 5) is 8.07. The van der Waals surface area contributed by atoms with Crippen molar-refractivity contribution in [3.63, 3.8) is 0 Å². The molecule has 22 heavy (non-hydrogen) atoms. The Hall–Kier alpha value is -2.70. The lowest BCUT2D eigenvalue weighted by atomic mass is 10.3. The molecule has 1 aromatic heterocycles. The van der Waals surface area contributed by atoms with Gasteiger partial charge in [-0.2, -0.15) is 4.98 Å². The number of anilines is 2. The Morgan fingerprint density at radius 2 is 1.82 bits per heavy atom. The lowest BCUT2D eigenvalue weighted by Gasteiger charge is -2.11. The zero-order chi connectivity index (χ0) is 15.8. The van der Waals surface area contributed by atoms with Crippen molar-refractivity contribution in [3.05, 3.63) is 30.6 Å². The topological polar surface area (TPSA) is 91.5 Å². The zero-order valence-electron chi connectivity index (χ0n) is 12.7. The van der Waals surface area contributed by atoms with Crippen LogP contribution in [0.3, 0.4) is 0 Å². The quantitative estimate of drug-likeness (QED) is 0.720. The Bertz CT molecular complexity index is 590. The molecule has 7 heteroatoms. The highest BCUT2D eigenvalue weighted by Crippen LogP contribution is 2.24. The molecule has 0 saturated heterocycles. The average molecular weight is 304 g/mol. The minimum atomic E-state index is 0.385. The standard InChI is InChI=1S/C15H20N4O3/c1-3-21-15-13(16)14(18-10-19-15)17-8-9-22-12-6-4-11(20-2)5-7-12/h4-7,10H,3,8-9,16H2,1-2H3,(H,17,18,19). The molecule has 0 spiro atoms. The summed E-state index contributed by atoms with van der Waals surface area (Å²) in [6, 6.07) is 7.40. The van der Waals surface area contributed by atoms with E-state index in [1.54, 1.807) is 7.11 Å². The molecule has 0 bridgehead atoms. The molecule has 7 nitrogen and oxygen atoms in total. The molecular formula is C15H20N4O3. The summed E-state index contributed by atoms with van der Waals surface area (Å²) in [6.07, 6.45) is 1.41. The largest absolute Gasteiger partial charge is 0.497 e. The van der Waals surface area contributed by atoms with Crippen LogP contribution in [0.15, 0.2) is 30.6 Å². The number of hydrogen-bond donors (Lipinski definition) is 2. The van der Waals surface area contributed by atoms with Crippen LogP contribution >= 0.6 is 0 Å². The summed E-state index contributed by atoms with van der Waals surface area (Å²) in [5.41, 5.74) is 6.32. The molecule has 3 N–H and O–H groups in total. The smallest absolute Gasteiger partial charge is 0.242 e. The molecule has 0 aliphatic carbocycles. The first-order chi connectivity index (χ1) is 10.7. The Morgan fingerprint density at radius 1 is 1.09 bits per heavy atom. The molecule has 0 aliphatic heterocycles. The highest BCUT2D eigenvalue weighted by Gasteiger charge is 2.08. The van der Waals surface area contributed by atoms with Crippen LogP contribution in [0.4, 0.5) is 11.5 Å². The van der Waals surface area contributed by atoms with Crippen molar-refractivity contribution in [2.75, 3.05) is 37.9 Å². The van der Waals surface area contributed by atoms with Crippen LogP contribution in [-0.2, 0) is 0 Å². The third kappa shape index (κ3) is 4.15.